The molecule has 48 valence electrons. The lowest BCUT2D eigenvalue weighted by atomic mass is 10.2. The Morgan fingerprint density at radius 2 is 1.78 bits per heavy atom. The molecule has 0 amide bonds. The monoisotopic (exact) mass is 123 g/mol. The van der Waals surface area contributed by atoms with Gasteiger partial charge in [-0.3, -0.25) is 0 Å². The van der Waals surface area contributed by atoms with E-state index >= 15 is 0 Å². The van der Waals surface area contributed by atoms with Crippen LogP contribution in [0, 0.1) is 6.92 Å². The number of hydrogen-bond donors (Lipinski definition) is 1. The topological polar surface area (TPSA) is 35.2 Å². The standard InChI is InChI=1S/C7H9NO/c1-6-2-4-7(9-8)5-3-6/h2-5H,8H2,1H3. The summed E-state index contributed by atoms with van der Waals surface area (Å²) in [6.07, 6.45) is 0. The van der Waals surface area contributed by atoms with Gasteiger partial charge in [0.05, 0.1) is 0 Å². The van der Waals surface area contributed by atoms with E-state index in [1.165, 1.54) is 5.56 Å². The molecule has 0 spiro atoms. The van der Waals surface area contributed by atoms with Crippen LogP contribution >= 0.6 is 0 Å². The third-order valence-corrected chi connectivity index (χ3v) is 1.16. The molecule has 0 aliphatic rings. The van der Waals surface area contributed by atoms with Crippen LogP contribution in [0.5, 0.6) is 5.75 Å². The Hall–Kier alpha value is -1.02. The molecule has 9 heavy (non-hydrogen) atoms. The summed E-state index contributed by atoms with van der Waals surface area (Å²) in [5, 5.41) is 0. The molecular formula is C7H9NO. The van der Waals surface area contributed by atoms with Gasteiger partial charge in [-0.1, -0.05) is 17.7 Å². The fraction of sp³-hybridized carbons (Fsp3) is 0.143. The fourth-order valence-corrected chi connectivity index (χ4v) is 0.617. The van der Waals surface area contributed by atoms with Crippen LogP contribution in [0.1, 0.15) is 5.56 Å². The van der Waals surface area contributed by atoms with Crippen molar-refractivity contribution in [1.29, 1.82) is 0 Å². The summed E-state index contributed by atoms with van der Waals surface area (Å²) in [6.45, 7) is 2.01. The molecule has 0 heterocycles. The number of aryl methyl sites for hydroxylation is 1. The van der Waals surface area contributed by atoms with Crippen molar-refractivity contribution < 1.29 is 4.84 Å². The molecule has 0 unspecified atom stereocenters. The molecule has 1 aromatic rings. The lowest BCUT2D eigenvalue weighted by Gasteiger charge is -1.95. The molecule has 0 fully saturated rings. The Bertz CT molecular complexity index is 181. The third-order valence-electron chi connectivity index (χ3n) is 1.16. The van der Waals surface area contributed by atoms with Crippen LogP contribution in [0.25, 0.3) is 0 Å². The predicted octanol–water partition coefficient (Wildman–Crippen LogP) is 1.25. The molecule has 0 radical (unpaired) electrons. The zero-order valence-corrected chi connectivity index (χ0v) is 5.29. The SMILES string of the molecule is Cc1ccc(ON)cc1. The van der Waals surface area contributed by atoms with Crippen molar-refractivity contribution >= 4 is 0 Å². The van der Waals surface area contributed by atoms with E-state index < -0.39 is 0 Å². The van der Waals surface area contributed by atoms with Crippen LogP contribution in [-0.4, -0.2) is 0 Å². The zero-order valence-electron chi connectivity index (χ0n) is 5.29. The molecule has 1 aromatic carbocycles. The minimum Gasteiger partial charge on any atom is -0.412 e. The van der Waals surface area contributed by atoms with Gasteiger partial charge in [0.2, 0.25) is 0 Å². The maximum Gasteiger partial charge on any atom is 0.146 e. The Morgan fingerprint density at radius 3 is 2.22 bits per heavy atom. The second-order valence-corrected chi connectivity index (χ2v) is 1.93. The first-order valence-electron chi connectivity index (χ1n) is 2.76. The quantitative estimate of drug-likeness (QED) is 0.570. The van der Waals surface area contributed by atoms with Gasteiger partial charge in [-0.2, -0.15) is 5.90 Å². The third kappa shape index (κ3) is 1.44. The van der Waals surface area contributed by atoms with E-state index in [4.69, 9.17) is 5.90 Å². The first-order chi connectivity index (χ1) is 4.33. The summed E-state index contributed by atoms with van der Waals surface area (Å²) >= 11 is 0. The van der Waals surface area contributed by atoms with Gasteiger partial charge in [-0.25, -0.2) is 0 Å². The van der Waals surface area contributed by atoms with Crippen molar-refractivity contribution in [1.82, 2.24) is 0 Å². The summed E-state index contributed by atoms with van der Waals surface area (Å²) in [5.41, 5.74) is 1.20. The van der Waals surface area contributed by atoms with E-state index in [0.717, 1.165) is 0 Å². The molecule has 0 bridgehead atoms. The molecule has 2 heteroatoms. The smallest absolute Gasteiger partial charge is 0.146 e. The molecular weight excluding hydrogens is 114 g/mol. The highest BCUT2D eigenvalue weighted by molar-refractivity contribution is 5.25. The highest BCUT2D eigenvalue weighted by Gasteiger charge is 1.86. The van der Waals surface area contributed by atoms with Gasteiger partial charge in [0, 0.05) is 0 Å². The van der Waals surface area contributed by atoms with Gasteiger partial charge in [0.1, 0.15) is 5.75 Å². The first kappa shape index (κ1) is 6.11. The normalized spacial score (nSPS) is 9.11. The summed E-state index contributed by atoms with van der Waals surface area (Å²) in [4.78, 5) is 4.47. The largest absolute Gasteiger partial charge is 0.412 e. The average molecular weight is 123 g/mol. The summed E-state index contributed by atoms with van der Waals surface area (Å²) < 4.78 is 0. The van der Waals surface area contributed by atoms with Crippen LogP contribution in [0.3, 0.4) is 0 Å². The number of rotatable bonds is 1. The van der Waals surface area contributed by atoms with Crippen molar-refractivity contribution in [2.75, 3.05) is 0 Å². The Morgan fingerprint density at radius 1 is 1.22 bits per heavy atom. The average Bonchev–Trinajstić information content (AvgIpc) is 1.90. The second kappa shape index (κ2) is 2.51. The minimum atomic E-state index is 0.695. The van der Waals surface area contributed by atoms with Crippen LogP contribution < -0.4 is 10.7 Å². The predicted molar refractivity (Wildman–Crippen MR) is 36.0 cm³/mol. The maximum absolute atomic E-state index is 4.90. The Kier molecular flexibility index (Phi) is 1.70. The van der Waals surface area contributed by atoms with Gasteiger partial charge in [0.15, 0.2) is 0 Å². The minimum absolute atomic E-state index is 0.695. The summed E-state index contributed by atoms with van der Waals surface area (Å²) in [6, 6.07) is 7.55. The van der Waals surface area contributed by atoms with Crippen LogP contribution in [0.4, 0.5) is 0 Å². The van der Waals surface area contributed by atoms with Crippen LogP contribution in [-0.2, 0) is 0 Å². The van der Waals surface area contributed by atoms with Crippen molar-refractivity contribution in [2.45, 2.75) is 6.92 Å². The molecule has 2 nitrogen and oxygen atoms in total. The van der Waals surface area contributed by atoms with Crippen LogP contribution in [0.15, 0.2) is 24.3 Å². The van der Waals surface area contributed by atoms with E-state index in [1.807, 2.05) is 31.2 Å². The fourth-order valence-electron chi connectivity index (χ4n) is 0.617. The van der Waals surface area contributed by atoms with E-state index in [0.29, 0.717) is 5.75 Å². The highest BCUT2D eigenvalue weighted by Crippen LogP contribution is 2.08. The molecule has 0 atom stereocenters. The summed E-state index contributed by atoms with van der Waals surface area (Å²) in [5.74, 6) is 5.59. The van der Waals surface area contributed by atoms with Gasteiger partial charge < -0.3 is 4.84 Å². The zero-order chi connectivity index (χ0) is 6.69. The Balaban J connectivity index is 2.88. The molecule has 1 rings (SSSR count). The lowest BCUT2D eigenvalue weighted by molar-refractivity contribution is 0.334. The van der Waals surface area contributed by atoms with Crippen molar-refractivity contribution in [3.8, 4) is 5.75 Å². The highest BCUT2D eigenvalue weighted by atomic mass is 16.6. The van der Waals surface area contributed by atoms with Gasteiger partial charge in [-0.05, 0) is 19.1 Å². The molecule has 0 saturated heterocycles. The van der Waals surface area contributed by atoms with E-state index in [9.17, 15) is 0 Å². The molecule has 0 aromatic heterocycles. The molecule has 2 N–H and O–H groups in total. The van der Waals surface area contributed by atoms with Crippen molar-refractivity contribution in [3.05, 3.63) is 29.8 Å². The summed E-state index contributed by atoms with van der Waals surface area (Å²) in [7, 11) is 0. The number of benzene rings is 1. The first-order valence-corrected chi connectivity index (χ1v) is 2.76. The van der Waals surface area contributed by atoms with Gasteiger partial charge in [0.25, 0.3) is 0 Å². The van der Waals surface area contributed by atoms with Crippen molar-refractivity contribution in [2.24, 2.45) is 5.90 Å². The molecule has 0 saturated carbocycles. The maximum atomic E-state index is 4.90. The lowest BCUT2D eigenvalue weighted by Crippen LogP contribution is -2.00. The molecule has 0 aliphatic heterocycles. The second-order valence-electron chi connectivity index (χ2n) is 1.93. The Labute approximate surface area is 54.2 Å². The number of nitrogens with two attached hydrogens (primary N) is 1. The van der Waals surface area contributed by atoms with Crippen LogP contribution in [0.2, 0.25) is 0 Å². The number of hydrogen-bond acceptors (Lipinski definition) is 2. The van der Waals surface area contributed by atoms with E-state index in [1.54, 1.807) is 0 Å². The van der Waals surface area contributed by atoms with E-state index in [-0.39, 0.29) is 0 Å². The van der Waals surface area contributed by atoms with E-state index in [2.05, 4.69) is 4.84 Å². The molecule has 0 aliphatic carbocycles. The van der Waals surface area contributed by atoms with Crippen molar-refractivity contribution in [3.63, 3.8) is 0 Å². The van der Waals surface area contributed by atoms with Gasteiger partial charge in [-0.15, -0.1) is 0 Å². The van der Waals surface area contributed by atoms with Gasteiger partial charge >= 0.3 is 0 Å².